The highest BCUT2D eigenvalue weighted by Gasteiger charge is 2.49. The molecule has 2 amide bonds. The highest BCUT2D eigenvalue weighted by molar-refractivity contribution is 6.02. The van der Waals surface area contributed by atoms with E-state index in [0.29, 0.717) is 17.0 Å². The summed E-state index contributed by atoms with van der Waals surface area (Å²) in [5.74, 6) is -4.25. The minimum Gasteiger partial charge on any atom is -0.495 e. The zero-order valence-corrected chi connectivity index (χ0v) is 18.0. The van der Waals surface area contributed by atoms with Gasteiger partial charge in [0, 0.05) is 25.7 Å². The number of hydrogen-bond acceptors (Lipinski definition) is 7. The Kier molecular flexibility index (Phi) is 5.57. The Balaban J connectivity index is 1.71. The van der Waals surface area contributed by atoms with E-state index in [4.69, 9.17) is 4.74 Å². The molecule has 1 aromatic carbocycles. The molecule has 170 valence electrons. The predicted molar refractivity (Wildman–Crippen MR) is 115 cm³/mol. The Morgan fingerprint density at radius 1 is 1.31 bits per heavy atom. The molecule has 0 saturated heterocycles. The fourth-order valence-electron chi connectivity index (χ4n) is 3.79. The van der Waals surface area contributed by atoms with Gasteiger partial charge in [0.1, 0.15) is 11.4 Å². The number of carbonyl (C=O) groups excluding carboxylic acids is 2. The number of nitrogens with zero attached hydrogens (tertiary/aromatic N) is 4. The number of benzene rings is 1. The van der Waals surface area contributed by atoms with Crippen LogP contribution in [0.15, 0.2) is 24.4 Å². The molecule has 1 aliphatic heterocycles. The molecule has 0 atom stereocenters. The largest absolute Gasteiger partial charge is 0.495 e. The molecule has 2 heterocycles. The summed E-state index contributed by atoms with van der Waals surface area (Å²) in [6.45, 7) is -0.728. The number of alkyl halides is 2. The molecule has 0 radical (unpaired) electrons. The summed E-state index contributed by atoms with van der Waals surface area (Å²) < 4.78 is 34.5. The van der Waals surface area contributed by atoms with Gasteiger partial charge in [-0.1, -0.05) is 0 Å². The fraction of sp³-hybridized carbons (Fsp3) is 0.429. The number of ether oxygens (including phenoxy) is 1. The smallest absolute Gasteiger partial charge is 0.342 e. The first-order valence-corrected chi connectivity index (χ1v) is 10.2. The topological polar surface area (TPSA) is 99.7 Å². The van der Waals surface area contributed by atoms with E-state index < -0.39 is 18.4 Å². The van der Waals surface area contributed by atoms with Crippen molar-refractivity contribution in [2.75, 3.05) is 42.9 Å². The second kappa shape index (κ2) is 8.21. The van der Waals surface area contributed by atoms with Crippen molar-refractivity contribution in [2.24, 2.45) is 0 Å². The van der Waals surface area contributed by atoms with E-state index >= 15 is 0 Å². The van der Waals surface area contributed by atoms with Gasteiger partial charge in [-0.2, -0.15) is 13.8 Å². The van der Waals surface area contributed by atoms with Crippen molar-refractivity contribution in [2.45, 2.75) is 31.2 Å². The van der Waals surface area contributed by atoms with Gasteiger partial charge >= 0.3 is 5.92 Å². The molecule has 1 fully saturated rings. The van der Waals surface area contributed by atoms with Crippen LogP contribution < -0.4 is 25.2 Å². The molecule has 2 aromatic rings. The van der Waals surface area contributed by atoms with Gasteiger partial charge in [-0.25, -0.2) is 4.98 Å². The van der Waals surface area contributed by atoms with E-state index in [1.54, 1.807) is 18.2 Å². The molecular weight excluding hydrogens is 422 g/mol. The van der Waals surface area contributed by atoms with E-state index in [-0.39, 0.29) is 29.4 Å². The maximum Gasteiger partial charge on any atom is 0.342 e. The lowest BCUT2D eigenvalue weighted by Crippen LogP contribution is -2.50. The molecule has 32 heavy (non-hydrogen) atoms. The van der Waals surface area contributed by atoms with Crippen LogP contribution in [0.25, 0.3) is 0 Å². The molecule has 1 saturated carbocycles. The van der Waals surface area contributed by atoms with Crippen LogP contribution in [0, 0.1) is 0 Å². The second-order valence-electron chi connectivity index (χ2n) is 7.80. The fourth-order valence-corrected chi connectivity index (χ4v) is 3.79. The Morgan fingerprint density at radius 2 is 2.06 bits per heavy atom. The van der Waals surface area contributed by atoms with Crippen LogP contribution >= 0.6 is 0 Å². The monoisotopic (exact) mass is 446 g/mol. The van der Waals surface area contributed by atoms with E-state index in [1.807, 2.05) is 0 Å². The first-order chi connectivity index (χ1) is 15.2. The molecule has 0 bridgehead atoms. The van der Waals surface area contributed by atoms with Gasteiger partial charge in [0.2, 0.25) is 5.95 Å². The lowest BCUT2D eigenvalue weighted by Gasteiger charge is -2.38. The number of anilines is 4. The zero-order chi connectivity index (χ0) is 23.0. The Morgan fingerprint density at radius 3 is 2.69 bits per heavy atom. The molecule has 9 nitrogen and oxygen atoms in total. The van der Waals surface area contributed by atoms with Crippen molar-refractivity contribution in [3.63, 3.8) is 0 Å². The normalized spacial score (nSPS) is 17.8. The van der Waals surface area contributed by atoms with Crippen LogP contribution in [0.5, 0.6) is 5.75 Å². The summed E-state index contributed by atoms with van der Waals surface area (Å²) in [5.41, 5.74) is 1.14. The van der Waals surface area contributed by atoms with Crippen molar-refractivity contribution in [1.82, 2.24) is 15.3 Å². The summed E-state index contributed by atoms with van der Waals surface area (Å²) in [5, 5.41) is 5.57. The van der Waals surface area contributed by atoms with Gasteiger partial charge in [-0.3, -0.25) is 9.59 Å². The summed E-state index contributed by atoms with van der Waals surface area (Å²) >= 11 is 0. The van der Waals surface area contributed by atoms with Crippen LogP contribution in [-0.2, 0) is 4.79 Å². The molecule has 4 rings (SSSR count). The molecule has 2 aliphatic rings. The number of halogens is 2. The number of nitrogens with one attached hydrogen (secondary N) is 2. The average molecular weight is 446 g/mol. The van der Waals surface area contributed by atoms with Crippen LogP contribution in [0.2, 0.25) is 0 Å². The van der Waals surface area contributed by atoms with Gasteiger partial charge in [0.05, 0.1) is 25.5 Å². The maximum atomic E-state index is 14.6. The molecular formula is C21H24F2N6O3. The van der Waals surface area contributed by atoms with Crippen LogP contribution in [0.1, 0.15) is 29.6 Å². The van der Waals surface area contributed by atoms with E-state index in [2.05, 4.69) is 20.6 Å². The third-order valence-electron chi connectivity index (χ3n) is 5.82. The lowest BCUT2D eigenvalue weighted by atomic mass is 9.91. The predicted octanol–water partition coefficient (Wildman–Crippen LogP) is 2.56. The van der Waals surface area contributed by atoms with Gasteiger partial charge in [-0.15, -0.1) is 0 Å². The Bertz CT molecular complexity index is 1060. The zero-order valence-electron chi connectivity index (χ0n) is 18.0. The molecule has 0 unspecified atom stereocenters. The number of methoxy groups -OCH3 is 1. The maximum absolute atomic E-state index is 14.6. The SMILES string of the molecule is CNC(=O)c1ccc(Nc2ncc3c(n2)N(C2CCC2)CC(F)(F)C(=O)N3C)c(OC)c1. The van der Waals surface area contributed by atoms with Crippen molar-refractivity contribution in [3.8, 4) is 5.75 Å². The molecule has 1 aromatic heterocycles. The van der Waals surface area contributed by atoms with Gasteiger partial charge in [-0.05, 0) is 37.5 Å². The number of carbonyl (C=O) groups is 2. The Labute approximate surface area is 183 Å². The van der Waals surface area contributed by atoms with Gasteiger partial charge < -0.3 is 25.2 Å². The van der Waals surface area contributed by atoms with Gasteiger partial charge in [0.25, 0.3) is 11.8 Å². The summed E-state index contributed by atoms with van der Waals surface area (Å²) in [6, 6.07) is 4.72. The first-order valence-electron chi connectivity index (χ1n) is 10.2. The highest BCUT2D eigenvalue weighted by atomic mass is 19.3. The highest BCUT2D eigenvalue weighted by Crippen LogP contribution is 2.40. The average Bonchev–Trinajstić information content (AvgIpc) is 2.81. The standard InChI is InChI=1S/C21H24F2N6O3/c1-24-18(30)12-7-8-14(16(9-12)32-3)26-20-25-10-15-17(27-20)29(13-5-4-6-13)11-21(22,23)19(31)28(15)2/h7-10,13H,4-6,11H2,1-3H3,(H,24,30)(H,25,26,27). The van der Waals surface area contributed by atoms with Crippen LogP contribution in [0.4, 0.5) is 31.9 Å². The molecule has 0 spiro atoms. The van der Waals surface area contributed by atoms with Crippen molar-refractivity contribution >= 4 is 35.0 Å². The number of amides is 2. The minimum absolute atomic E-state index is 0.108. The number of aromatic nitrogens is 2. The quantitative estimate of drug-likeness (QED) is 0.728. The first kappa shape index (κ1) is 21.7. The van der Waals surface area contributed by atoms with E-state index in [0.717, 1.165) is 24.2 Å². The molecule has 1 aliphatic carbocycles. The molecule has 11 heteroatoms. The van der Waals surface area contributed by atoms with Gasteiger partial charge in [0.15, 0.2) is 5.82 Å². The van der Waals surface area contributed by atoms with Crippen LogP contribution in [0.3, 0.4) is 0 Å². The van der Waals surface area contributed by atoms with E-state index in [1.165, 1.54) is 32.3 Å². The third-order valence-corrected chi connectivity index (χ3v) is 5.82. The van der Waals surface area contributed by atoms with Crippen molar-refractivity contribution < 1.29 is 23.1 Å². The number of hydrogen-bond donors (Lipinski definition) is 2. The number of rotatable bonds is 5. The lowest BCUT2D eigenvalue weighted by molar-refractivity contribution is -0.140. The summed E-state index contributed by atoms with van der Waals surface area (Å²) in [4.78, 5) is 35.3. The van der Waals surface area contributed by atoms with E-state index in [9.17, 15) is 18.4 Å². The van der Waals surface area contributed by atoms with Crippen LogP contribution in [-0.4, -0.2) is 61.5 Å². The summed E-state index contributed by atoms with van der Waals surface area (Å²) in [6.07, 6.45) is 3.82. The van der Waals surface area contributed by atoms with Crippen molar-refractivity contribution in [3.05, 3.63) is 30.0 Å². The third kappa shape index (κ3) is 3.78. The number of fused-ring (bicyclic) bond motifs is 1. The van der Waals surface area contributed by atoms with Crippen molar-refractivity contribution in [1.29, 1.82) is 0 Å². The second-order valence-corrected chi connectivity index (χ2v) is 7.80. The minimum atomic E-state index is -3.53. The summed E-state index contributed by atoms with van der Waals surface area (Å²) in [7, 11) is 4.30. The Hall–Kier alpha value is -3.50. The molecule has 2 N–H and O–H groups in total.